The van der Waals surface area contributed by atoms with Crippen LogP contribution in [0.25, 0.3) is 0 Å². The van der Waals surface area contributed by atoms with E-state index in [-0.39, 0.29) is 11.9 Å². The average Bonchev–Trinajstić information content (AvgIpc) is 2.11. The summed E-state index contributed by atoms with van der Waals surface area (Å²) in [6, 6.07) is 0. The van der Waals surface area contributed by atoms with E-state index in [1.165, 1.54) is 0 Å². The Labute approximate surface area is 93.1 Å². The molecule has 0 fully saturated rings. The minimum atomic E-state index is -0.467. The summed E-state index contributed by atoms with van der Waals surface area (Å²) >= 11 is 0. The van der Waals surface area contributed by atoms with Crippen molar-refractivity contribution in [1.29, 1.82) is 0 Å². The summed E-state index contributed by atoms with van der Waals surface area (Å²) in [5.74, 6) is -0.0477. The summed E-state index contributed by atoms with van der Waals surface area (Å²) < 4.78 is 0. The van der Waals surface area contributed by atoms with Gasteiger partial charge in [0.2, 0.25) is 0 Å². The average molecular weight is 216 g/mol. The molecule has 0 N–H and O–H groups in total. The summed E-state index contributed by atoms with van der Waals surface area (Å²) in [4.78, 5) is 21.8. The van der Waals surface area contributed by atoms with Crippen LogP contribution in [-0.4, -0.2) is 11.6 Å². The van der Waals surface area contributed by atoms with Gasteiger partial charge in [0.05, 0.1) is 5.41 Å². The minimum absolute atomic E-state index is 0.235. The topological polar surface area (TPSA) is 35.5 Å². The maximum atomic E-state index is 11.8. The van der Waals surface area contributed by atoms with E-state index in [2.05, 4.69) is 0 Å². The van der Waals surface area contributed by atoms with Crippen LogP contribution in [0.1, 0.15) is 54.9 Å². The predicted molar refractivity (Wildman–Crippen MR) is 60.2 cm³/mol. The number of rotatable bonds is 4. The van der Waals surface area contributed by atoms with Crippen molar-refractivity contribution in [3.8, 4) is 0 Å². The quantitative estimate of drug-likeness (QED) is 0.534. The minimum Gasteiger partial charge on any atom is -0.297 e. The molecule has 0 aliphatic rings. The van der Waals surface area contributed by atoms with Gasteiger partial charge in [-0.15, -0.1) is 0 Å². The molecule has 0 aromatic carbocycles. The molecule has 0 spiro atoms. The maximum Gasteiger partial charge on any atom is 0.348 e. The number of hydrogen-bond donors (Lipinski definition) is 0. The summed E-state index contributed by atoms with van der Waals surface area (Å²) in [5, 5.41) is 0. The van der Waals surface area contributed by atoms with E-state index in [0.717, 1.165) is 6.42 Å². The van der Waals surface area contributed by atoms with Crippen molar-refractivity contribution in [2.45, 2.75) is 60.5 Å². The summed E-state index contributed by atoms with van der Waals surface area (Å²) in [7, 11) is 0. The van der Waals surface area contributed by atoms with Crippen molar-refractivity contribution >= 4 is 5.97 Å². The largest absolute Gasteiger partial charge is 0.348 e. The highest BCUT2D eigenvalue weighted by Gasteiger charge is 2.38. The van der Waals surface area contributed by atoms with Crippen molar-refractivity contribution in [2.24, 2.45) is 11.3 Å². The van der Waals surface area contributed by atoms with E-state index in [1.54, 1.807) is 0 Å². The zero-order chi connectivity index (χ0) is 12.3. The van der Waals surface area contributed by atoms with E-state index < -0.39 is 11.0 Å². The summed E-state index contributed by atoms with van der Waals surface area (Å²) in [5.41, 5.74) is -0.924. The molecule has 0 aliphatic heterocycles. The van der Waals surface area contributed by atoms with Crippen LogP contribution in [0.15, 0.2) is 0 Å². The lowest BCUT2D eigenvalue weighted by molar-refractivity contribution is -0.327. The number of carbonyl (C=O) groups is 1. The SMILES string of the molecule is CCC(C)(C(=O)OOC(C)(C)C)C(C)C. The van der Waals surface area contributed by atoms with Gasteiger partial charge >= 0.3 is 5.97 Å². The Balaban J connectivity index is 4.43. The van der Waals surface area contributed by atoms with E-state index in [9.17, 15) is 4.79 Å². The van der Waals surface area contributed by atoms with Crippen molar-refractivity contribution in [3.05, 3.63) is 0 Å². The fourth-order valence-electron chi connectivity index (χ4n) is 1.05. The van der Waals surface area contributed by atoms with E-state index in [1.807, 2.05) is 48.5 Å². The third-order valence-corrected chi connectivity index (χ3v) is 2.84. The molecule has 3 heteroatoms. The first kappa shape index (κ1) is 14.4. The lowest BCUT2D eigenvalue weighted by Crippen LogP contribution is -2.36. The Bertz CT molecular complexity index is 215. The standard InChI is InChI=1S/C12H24O3/c1-8-12(7,9(2)3)10(13)14-15-11(4,5)6/h9H,8H2,1-7H3. The second kappa shape index (κ2) is 4.97. The molecule has 0 rings (SSSR count). The fraction of sp³-hybridized carbons (Fsp3) is 0.917. The van der Waals surface area contributed by atoms with Crippen LogP contribution in [0.4, 0.5) is 0 Å². The molecular formula is C12H24O3. The smallest absolute Gasteiger partial charge is 0.297 e. The Morgan fingerprint density at radius 1 is 1.20 bits per heavy atom. The maximum absolute atomic E-state index is 11.8. The van der Waals surface area contributed by atoms with Crippen molar-refractivity contribution in [1.82, 2.24) is 0 Å². The molecule has 0 radical (unpaired) electrons. The van der Waals surface area contributed by atoms with Gasteiger partial charge in [-0.1, -0.05) is 20.8 Å². The molecule has 0 aliphatic carbocycles. The summed E-state index contributed by atoms with van der Waals surface area (Å²) in [6.07, 6.45) is 0.747. The first-order chi connectivity index (χ1) is 6.63. The molecule has 0 saturated heterocycles. The van der Waals surface area contributed by atoms with Gasteiger partial charge in [0.1, 0.15) is 5.60 Å². The summed E-state index contributed by atoms with van der Waals surface area (Å²) in [6.45, 7) is 13.5. The Morgan fingerprint density at radius 2 is 1.67 bits per heavy atom. The predicted octanol–water partition coefficient (Wildman–Crippen LogP) is 3.33. The molecule has 90 valence electrons. The van der Waals surface area contributed by atoms with Gasteiger partial charge in [0.25, 0.3) is 0 Å². The van der Waals surface area contributed by atoms with Crippen LogP contribution in [0, 0.1) is 11.3 Å². The Morgan fingerprint density at radius 3 is 1.93 bits per heavy atom. The molecular weight excluding hydrogens is 192 g/mol. The molecule has 1 atom stereocenters. The van der Waals surface area contributed by atoms with Gasteiger partial charge in [-0.2, -0.15) is 4.89 Å². The number of hydrogen-bond acceptors (Lipinski definition) is 3. The van der Waals surface area contributed by atoms with Gasteiger partial charge in [-0.05, 0) is 40.0 Å². The Kier molecular flexibility index (Phi) is 4.78. The van der Waals surface area contributed by atoms with Crippen LogP contribution >= 0.6 is 0 Å². The van der Waals surface area contributed by atoms with Crippen LogP contribution in [0.5, 0.6) is 0 Å². The highest BCUT2D eigenvalue weighted by Crippen LogP contribution is 2.32. The van der Waals surface area contributed by atoms with Crippen LogP contribution in [0.2, 0.25) is 0 Å². The second-order valence-corrected chi connectivity index (χ2v) is 5.49. The molecule has 0 bridgehead atoms. The van der Waals surface area contributed by atoms with E-state index >= 15 is 0 Å². The Hall–Kier alpha value is -0.570. The fourth-order valence-corrected chi connectivity index (χ4v) is 1.05. The molecule has 0 heterocycles. The van der Waals surface area contributed by atoms with Crippen molar-refractivity contribution in [3.63, 3.8) is 0 Å². The monoisotopic (exact) mass is 216 g/mol. The third kappa shape index (κ3) is 4.20. The zero-order valence-corrected chi connectivity index (χ0v) is 11.0. The molecule has 0 aromatic rings. The lowest BCUT2D eigenvalue weighted by atomic mass is 9.77. The third-order valence-electron chi connectivity index (χ3n) is 2.84. The van der Waals surface area contributed by atoms with Crippen molar-refractivity contribution < 1.29 is 14.6 Å². The highest BCUT2D eigenvalue weighted by molar-refractivity contribution is 5.76. The number of carbonyl (C=O) groups excluding carboxylic acids is 1. The van der Waals surface area contributed by atoms with Gasteiger partial charge < -0.3 is 0 Å². The van der Waals surface area contributed by atoms with Crippen LogP contribution < -0.4 is 0 Å². The van der Waals surface area contributed by atoms with Gasteiger partial charge in [0, 0.05) is 0 Å². The molecule has 0 saturated carbocycles. The lowest BCUT2D eigenvalue weighted by Gasteiger charge is -2.30. The normalized spacial score (nSPS) is 16.3. The van der Waals surface area contributed by atoms with E-state index in [0.29, 0.717) is 0 Å². The first-order valence-electron chi connectivity index (χ1n) is 5.53. The van der Waals surface area contributed by atoms with Gasteiger partial charge in [0.15, 0.2) is 0 Å². The van der Waals surface area contributed by atoms with Gasteiger partial charge in [-0.25, -0.2) is 4.79 Å². The zero-order valence-electron chi connectivity index (χ0n) is 11.0. The van der Waals surface area contributed by atoms with Crippen LogP contribution in [-0.2, 0) is 14.6 Å². The van der Waals surface area contributed by atoms with Crippen molar-refractivity contribution in [2.75, 3.05) is 0 Å². The molecule has 1 unspecified atom stereocenters. The molecule has 3 nitrogen and oxygen atoms in total. The van der Waals surface area contributed by atoms with E-state index in [4.69, 9.17) is 9.78 Å². The van der Waals surface area contributed by atoms with Crippen LogP contribution in [0.3, 0.4) is 0 Å². The molecule has 0 aromatic heterocycles. The molecule has 0 amide bonds. The highest BCUT2D eigenvalue weighted by atomic mass is 17.2. The molecule has 15 heavy (non-hydrogen) atoms. The van der Waals surface area contributed by atoms with Gasteiger partial charge in [-0.3, -0.25) is 4.89 Å². The first-order valence-corrected chi connectivity index (χ1v) is 5.53. The second-order valence-electron chi connectivity index (χ2n) is 5.49.